The molecular formula is C28H32F2N6O2. The number of nitrogens with zero attached hydrogens (tertiary/aromatic N) is 5. The van der Waals surface area contributed by atoms with Crippen LogP contribution in [0.3, 0.4) is 0 Å². The second-order valence-electron chi connectivity index (χ2n) is 11.4. The lowest BCUT2D eigenvalue weighted by Crippen LogP contribution is -2.51. The second-order valence-corrected chi connectivity index (χ2v) is 11.4. The predicted molar refractivity (Wildman–Crippen MR) is 140 cm³/mol. The van der Waals surface area contributed by atoms with Crippen LogP contribution in [0.15, 0.2) is 24.4 Å². The van der Waals surface area contributed by atoms with Gasteiger partial charge >= 0.3 is 6.01 Å². The molecule has 1 aromatic carbocycles. The Bertz CT molecular complexity index is 1390. The molecule has 8 nitrogen and oxygen atoms in total. The fourth-order valence-corrected chi connectivity index (χ4v) is 7.00. The highest BCUT2D eigenvalue weighted by atomic mass is 19.1. The first-order chi connectivity index (χ1) is 18.4. The van der Waals surface area contributed by atoms with Gasteiger partial charge in [0.05, 0.1) is 10.9 Å². The Morgan fingerprint density at radius 1 is 1.18 bits per heavy atom. The Morgan fingerprint density at radius 2 is 2.00 bits per heavy atom. The predicted octanol–water partition coefficient (Wildman–Crippen LogP) is 3.74. The normalized spacial score (nSPS) is 28.8. The van der Waals surface area contributed by atoms with Gasteiger partial charge < -0.3 is 20.1 Å². The Morgan fingerprint density at radius 3 is 2.82 bits per heavy atom. The highest BCUT2D eigenvalue weighted by Crippen LogP contribution is 2.41. The van der Waals surface area contributed by atoms with Crippen molar-refractivity contribution >= 4 is 16.7 Å². The zero-order valence-corrected chi connectivity index (χ0v) is 21.5. The quantitative estimate of drug-likeness (QED) is 0.524. The molecule has 0 aliphatic carbocycles. The summed E-state index contributed by atoms with van der Waals surface area (Å²) in [5.41, 5.74) is 1.21. The zero-order chi connectivity index (χ0) is 26.0. The molecule has 2 aromatic heterocycles. The maximum absolute atomic E-state index is 16.2. The fourth-order valence-electron chi connectivity index (χ4n) is 7.00. The number of anilines is 1. The van der Waals surface area contributed by atoms with Crippen molar-refractivity contribution in [2.45, 2.75) is 62.8 Å². The summed E-state index contributed by atoms with van der Waals surface area (Å²) < 4.78 is 36.7. The minimum Gasteiger partial charge on any atom is -0.508 e. The number of aromatic nitrogens is 3. The van der Waals surface area contributed by atoms with Crippen molar-refractivity contribution in [2.75, 3.05) is 37.7 Å². The van der Waals surface area contributed by atoms with E-state index in [1.54, 1.807) is 18.3 Å². The fraction of sp³-hybridized carbons (Fsp3) is 0.536. The molecule has 0 saturated carbocycles. The molecule has 0 amide bonds. The number of hydrogen-bond acceptors (Lipinski definition) is 8. The third kappa shape index (κ3) is 3.96. The zero-order valence-electron chi connectivity index (χ0n) is 21.5. The first-order valence-electron chi connectivity index (χ1n) is 13.6. The lowest BCUT2D eigenvalue weighted by atomic mass is 9.95. The highest BCUT2D eigenvalue weighted by Gasteiger charge is 2.49. The van der Waals surface area contributed by atoms with E-state index in [9.17, 15) is 9.50 Å². The molecule has 7 rings (SSSR count). The van der Waals surface area contributed by atoms with Gasteiger partial charge in [-0.15, -0.1) is 0 Å². The molecule has 0 spiro atoms. The first kappa shape index (κ1) is 24.0. The van der Waals surface area contributed by atoms with Crippen LogP contribution < -0.4 is 15.0 Å². The summed E-state index contributed by atoms with van der Waals surface area (Å²) in [6.07, 6.45) is 5.29. The lowest BCUT2D eigenvalue weighted by molar-refractivity contribution is 0.107. The van der Waals surface area contributed by atoms with E-state index < -0.39 is 12.0 Å². The third-order valence-electron chi connectivity index (χ3n) is 8.87. The molecule has 3 aromatic rings. The van der Waals surface area contributed by atoms with Crippen molar-refractivity contribution < 1.29 is 18.6 Å². The maximum atomic E-state index is 16.2. The number of fused-ring (bicyclic) bond motifs is 4. The van der Waals surface area contributed by atoms with Crippen molar-refractivity contribution in [1.82, 2.24) is 25.2 Å². The lowest BCUT2D eigenvalue weighted by Gasteiger charge is -2.34. The van der Waals surface area contributed by atoms with Crippen molar-refractivity contribution in [3.05, 3.63) is 35.8 Å². The number of rotatable bonds is 5. The summed E-state index contributed by atoms with van der Waals surface area (Å²) >= 11 is 0. The molecule has 38 heavy (non-hydrogen) atoms. The molecule has 200 valence electrons. The minimum absolute atomic E-state index is 0.0405. The highest BCUT2D eigenvalue weighted by molar-refractivity contribution is 5.92. The number of hydrogen-bond donors (Lipinski definition) is 2. The monoisotopic (exact) mass is 522 g/mol. The van der Waals surface area contributed by atoms with Crippen LogP contribution in [0.1, 0.15) is 37.7 Å². The number of aryl methyl sites for hydroxylation is 1. The van der Waals surface area contributed by atoms with Crippen LogP contribution in [0.25, 0.3) is 22.2 Å². The molecule has 4 aliphatic rings. The average molecular weight is 523 g/mol. The van der Waals surface area contributed by atoms with Crippen LogP contribution in [0.5, 0.6) is 11.8 Å². The van der Waals surface area contributed by atoms with Crippen LogP contribution in [0.2, 0.25) is 0 Å². The number of alkyl halides is 1. The Labute approximate surface area is 220 Å². The van der Waals surface area contributed by atoms with E-state index in [0.717, 1.165) is 50.9 Å². The standard InChI is InChI=1S/C28H32F2N6O2/c1-16-3-6-20(37)9-21(16)24-23(30)25-22(11-31-24)26(35-13-18-4-5-19(14-35)32-18)34-27(33-25)38-15-28-7-2-8-36(28)12-17(29)10-28/h3,6,9,11,17-19,32,37H,2,4-5,7-8,10,12-15H2,1H3/t17?,18-,19+,28?. The molecule has 2 bridgehead atoms. The Kier molecular flexibility index (Phi) is 5.66. The van der Waals surface area contributed by atoms with Gasteiger partial charge in [-0.2, -0.15) is 9.97 Å². The van der Waals surface area contributed by atoms with E-state index in [2.05, 4.69) is 25.1 Å². The van der Waals surface area contributed by atoms with E-state index in [4.69, 9.17) is 9.72 Å². The molecule has 2 N–H and O–H groups in total. The van der Waals surface area contributed by atoms with E-state index in [1.165, 1.54) is 6.07 Å². The van der Waals surface area contributed by atoms with Gasteiger partial charge in [0.2, 0.25) is 0 Å². The molecule has 4 fully saturated rings. The maximum Gasteiger partial charge on any atom is 0.319 e. The summed E-state index contributed by atoms with van der Waals surface area (Å²) in [7, 11) is 0. The molecular weight excluding hydrogens is 490 g/mol. The summed E-state index contributed by atoms with van der Waals surface area (Å²) in [5, 5.41) is 14.2. The molecule has 10 heteroatoms. The van der Waals surface area contributed by atoms with Crippen LogP contribution in [-0.4, -0.2) is 81.5 Å². The number of phenols is 1. The van der Waals surface area contributed by atoms with Crippen molar-refractivity contribution in [3.63, 3.8) is 0 Å². The van der Waals surface area contributed by atoms with Gasteiger partial charge in [0.1, 0.15) is 35.6 Å². The number of benzene rings is 1. The van der Waals surface area contributed by atoms with E-state index in [1.807, 2.05) is 6.92 Å². The van der Waals surface area contributed by atoms with Crippen molar-refractivity contribution in [1.29, 1.82) is 0 Å². The number of phenolic OH excluding ortho intramolecular Hbond substituents is 1. The Balaban J connectivity index is 1.31. The van der Waals surface area contributed by atoms with Gasteiger partial charge in [-0.05, 0) is 56.8 Å². The smallest absolute Gasteiger partial charge is 0.319 e. The number of pyridine rings is 1. The molecule has 0 radical (unpaired) electrons. The van der Waals surface area contributed by atoms with Crippen LogP contribution in [0, 0.1) is 12.7 Å². The third-order valence-corrected chi connectivity index (χ3v) is 8.87. The number of aromatic hydroxyl groups is 1. The topological polar surface area (TPSA) is 86.6 Å². The molecule has 4 saturated heterocycles. The number of ether oxygens (including phenoxy) is 1. The minimum atomic E-state index is -0.861. The summed E-state index contributed by atoms with van der Waals surface area (Å²) in [5.74, 6) is 0.0800. The summed E-state index contributed by atoms with van der Waals surface area (Å²) in [6, 6.07) is 5.65. The van der Waals surface area contributed by atoms with Gasteiger partial charge in [-0.25, -0.2) is 8.78 Å². The van der Waals surface area contributed by atoms with E-state index >= 15 is 4.39 Å². The van der Waals surface area contributed by atoms with E-state index in [0.29, 0.717) is 41.8 Å². The first-order valence-corrected chi connectivity index (χ1v) is 13.6. The molecule has 4 aliphatic heterocycles. The van der Waals surface area contributed by atoms with Crippen molar-refractivity contribution in [2.24, 2.45) is 0 Å². The van der Waals surface area contributed by atoms with Gasteiger partial charge in [0.15, 0.2) is 5.82 Å². The van der Waals surface area contributed by atoms with Crippen LogP contribution in [0.4, 0.5) is 14.6 Å². The van der Waals surface area contributed by atoms with Gasteiger partial charge in [-0.1, -0.05) is 6.07 Å². The van der Waals surface area contributed by atoms with Gasteiger partial charge in [0, 0.05) is 49.9 Å². The summed E-state index contributed by atoms with van der Waals surface area (Å²) in [4.78, 5) is 18.2. The van der Waals surface area contributed by atoms with Gasteiger partial charge in [0.25, 0.3) is 0 Å². The number of nitrogens with one attached hydrogen (secondary N) is 1. The second kappa shape index (κ2) is 8.98. The van der Waals surface area contributed by atoms with Crippen molar-refractivity contribution in [3.8, 4) is 23.0 Å². The average Bonchev–Trinajstić information content (AvgIpc) is 3.55. The molecule has 6 heterocycles. The SMILES string of the molecule is Cc1ccc(O)cc1-c1ncc2c(N3C[C@H]4CC[C@@H](C3)N4)nc(OCC34CCCN3CC(F)C4)nc2c1F. The van der Waals surface area contributed by atoms with E-state index in [-0.39, 0.29) is 35.1 Å². The number of halogens is 2. The van der Waals surface area contributed by atoms with Gasteiger partial charge in [-0.3, -0.25) is 9.88 Å². The summed E-state index contributed by atoms with van der Waals surface area (Å²) in [6.45, 7) is 4.95. The van der Waals surface area contributed by atoms with Crippen LogP contribution in [-0.2, 0) is 0 Å². The molecule has 2 unspecified atom stereocenters. The van der Waals surface area contributed by atoms with Crippen LogP contribution >= 0.6 is 0 Å². The molecule has 4 atom stereocenters. The largest absolute Gasteiger partial charge is 0.508 e. The number of piperazine rings is 1. The Hall–Kier alpha value is -3.11.